The van der Waals surface area contributed by atoms with Gasteiger partial charge in [-0.25, -0.2) is 0 Å². The summed E-state index contributed by atoms with van der Waals surface area (Å²) in [7, 11) is 0. The maximum absolute atomic E-state index is 3.64. The molecule has 0 aromatic heterocycles. The topological polar surface area (TPSA) is 12.0 Å². The molecule has 1 unspecified atom stereocenters. The Balaban J connectivity index is 3.35. The van der Waals surface area contributed by atoms with Gasteiger partial charge in [0.15, 0.2) is 0 Å². The summed E-state index contributed by atoms with van der Waals surface area (Å²) >= 11 is 2.12. The van der Waals surface area contributed by atoms with Crippen molar-refractivity contribution in [3.8, 4) is 0 Å². The fraction of sp³-hybridized carbons (Fsp3) is 1.00. The molecule has 0 bridgehead atoms. The lowest BCUT2D eigenvalue weighted by atomic mass is 10.2. The highest BCUT2D eigenvalue weighted by Gasteiger charge is 2.06. The molecule has 0 amide bonds. The first-order valence-corrected chi connectivity index (χ1v) is 7.64. The van der Waals surface area contributed by atoms with Crippen molar-refractivity contribution in [2.75, 3.05) is 12.3 Å². The van der Waals surface area contributed by atoms with Crippen molar-refractivity contribution in [2.24, 2.45) is 0 Å². The van der Waals surface area contributed by atoms with Crippen molar-refractivity contribution in [2.45, 2.75) is 71.1 Å². The molecular weight excluding hydrogens is 202 g/mol. The van der Waals surface area contributed by atoms with Crippen LogP contribution in [0.5, 0.6) is 0 Å². The third kappa shape index (κ3) is 9.25. The van der Waals surface area contributed by atoms with E-state index in [4.69, 9.17) is 0 Å². The molecule has 0 saturated heterocycles. The lowest BCUT2D eigenvalue weighted by Crippen LogP contribution is -2.32. The Hall–Kier alpha value is 0.310. The third-order valence-corrected chi connectivity index (χ3v) is 4.09. The Bertz CT molecular complexity index is 124. The van der Waals surface area contributed by atoms with Crippen molar-refractivity contribution in [1.29, 1.82) is 0 Å². The van der Waals surface area contributed by atoms with Gasteiger partial charge in [0.1, 0.15) is 0 Å². The van der Waals surface area contributed by atoms with Gasteiger partial charge in [-0.05, 0) is 25.0 Å². The van der Waals surface area contributed by atoms with Gasteiger partial charge in [0.25, 0.3) is 0 Å². The lowest BCUT2D eigenvalue weighted by Gasteiger charge is -2.18. The largest absolute Gasteiger partial charge is 0.313 e. The predicted molar refractivity (Wildman–Crippen MR) is 73.8 cm³/mol. The molecule has 0 aliphatic carbocycles. The zero-order chi connectivity index (χ0) is 11.5. The first-order chi connectivity index (χ1) is 7.24. The first-order valence-electron chi connectivity index (χ1n) is 6.59. The molecule has 0 aromatic rings. The van der Waals surface area contributed by atoms with Crippen LogP contribution < -0.4 is 5.32 Å². The summed E-state index contributed by atoms with van der Waals surface area (Å²) in [5.41, 5.74) is 0. The van der Waals surface area contributed by atoms with E-state index in [1.54, 1.807) is 0 Å². The summed E-state index contributed by atoms with van der Waals surface area (Å²) in [6.45, 7) is 10.3. The van der Waals surface area contributed by atoms with E-state index in [0.29, 0.717) is 0 Å². The summed E-state index contributed by atoms with van der Waals surface area (Å²) in [6, 6.07) is 0.726. The highest BCUT2D eigenvalue weighted by atomic mass is 32.2. The van der Waals surface area contributed by atoms with Crippen LogP contribution in [0, 0.1) is 0 Å². The quantitative estimate of drug-likeness (QED) is 0.569. The van der Waals surface area contributed by atoms with Gasteiger partial charge >= 0.3 is 0 Å². The van der Waals surface area contributed by atoms with Gasteiger partial charge < -0.3 is 5.32 Å². The van der Waals surface area contributed by atoms with Crippen LogP contribution in [0.15, 0.2) is 0 Å². The number of rotatable bonds is 10. The van der Waals surface area contributed by atoms with Crippen molar-refractivity contribution >= 4 is 11.8 Å². The highest BCUT2D eigenvalue weighted by Crippen LogP contribution is 2.13. The number of nitrogens with one attached hydrogen (secondary N) is 1. The Morgan fingerprint density at radius 1 is 1.07 bits per heavy atom. The minimum atomic E-state index is 0.726. The summed E-state index contributed by atoms with van der Waals surface area (Å²) < 4.78 is 0. The van der Waals surface area contributed by atoms with Gasteiger partial charge in [-0.15, -0.1) is 0 Å². The Labute approximate surface area is 101 Å². The predicted octanol–water partition coefficient (Wildman–Crippen LogP) is 4.08. The average Bonchev–Trinajstić information content (AvgIpc) is 2.26. The molecular formula is C13H29NS. The zero-order valence-corrected chi connectivity index (χ0v) is 11.8. The summed E-state index contributed by atoms with van der Waals surface area (Å²) in [5, 5.41) is 4.41. The smallest absolute Gasteiger partial charge is 0.0144 e. The molecule has 1 nitrogen and oxygen atoms in total. The van der Waals surface area contributed by atoms with Crippen molar-refractivity contribution in [1.82, 2.24) is 5.32 Å². The van der Waals surface area contributed by atoms with Crippen molar-refractivity contribution in [3.63, 3.8) is 0 Å². The van der Waals surface area contributed by atoms with Crippen molar-refractivity contribution < 1.29 is 0 Å². The van der Waals surface area contributed by atoms with Gasteiger partial charge in [0.2, 0.25) is 0 Å². The fourth-order valence-electron chi connectivity index (χ4n) is 1.61. The number of thioether (sulfide) groups is 1. The summed E-state index contributed by atoms with van der Waals surface area (Å²) in [5.74, 6) is 1.33. The molecule has 92 valence electrons. The number of unbranched alkanes of at least 4 members (excludes halogenated alkanes) is 2. The second kappa shape index (κ2) is 10.8. The SMILES string of the molecule is CCCCCSC(C)CNC(CC)CC. The lowest BCUT2D eigenvalue weighted by molar-refractivity contribution is 0.488. The van der Waals surface area contributed by atoms with E-state index >= 15 is 0 Å². The highest BCUT2D eigenvalue weighted by molar-refractivity contribution is 7.99. The monoisotopic (exact) mass is 231 g/mol. The molecule has 0 aromatic carbocycles. The van der Waals surface area contributed by atoms with Crippen LogP contribution in [-0.2, 0) is 0 Å². The Kier molecular flexibility index (Phi) is 11.0. The minimum absolute atomic E-state index is 0.726. The van der Waals surface area contributed by atoms with E-state index in [1.807, 2.05) is 0 Å². The standard InChI is InChI=1S/C13H29NS/c1-5-8-9-10-15-12(4)11-14-13(6-2)7-3/h12-14H,5-11H2,1-4H3. The second-order valence-electron chi connectivity index (χ2n) is 4.31. The van der Waals surface area contributed by atoms with Crippen LogP contribution >= 0.6 is 11.8 Å². The molecule has 0 fully saturated rings. The molecule has 0 spiro atoms. The molecule has 0 radical (unpaired) electrons. The van der Waals surface area contributed by atoms with Gasteiger partial charge in [-0.2, -0.15) is 11.8 Å². The van der Waals surface area contributed by atoms with Crippen LogP contribution in [0.1, 0.15) is 59.8 Å². The molecule has 0 aliphatic rings. The average molecular weight is 231 g/mol. The molecule has 0 aliphatic heterocycles. The van der Waals surface area contributed by atoms with Crippen molar-refractivity contribution in [3.05, 3.63) is 0 Å². The summed E-state index contributed by atoms with van der Waals surface area (Å²) in [6.07, 6.45) is 6.62. The van der Waals surface area contributed by atoms with Crippen LogP contribution in [0.25, 0.3) is 0 Å². The molecule has 0 heterocycles. The normalized spacial score (nSPS) is 13.4. The van der Waals surface area contributed by atoms with Gasteiger partial charge in [-0.1, -0.05) is 40.5 Å². The van der Waals surface area contributed by atoms with E-state index in [9.17, 15) is 0 Å². The molecule has 0 rings (SSSR count). The van der Waals surface area contributed by atoms with Gasteiger partial charge in [0, 0.05) is 17.8 Å². The van der Waals surface area contributed by atoms with Gasteiger partial charge in [0.05, 0.1) is 0 Å². The third-order valence-electron chi connectivity index (χ3n) is 2.83. The minimum Gasteiger partial charge on any atom is -0.313 e. The number of hydrogen-bond donors (Lipinski definition) is 1. The van der Waals surface area contributed by atoms with Crippen LogP contribution in [-0.4, -0.2) is 23.6 Å². The second-order valence-corrected chi connectivity index (χ2v) is 5.86. The van der Waals surface area contributed by atoms with Crippen LogP contribution in [0.2, 0.25) is 0 Å². The van der Waals surface area contributed by atoms with E-state index < -0.39 is 0 Å². The molecule has 2 heteroatoms. The molecule has 1 N–H and O–H groups in total. The Morgan fingerprint density at radius 2 is 1.73 bits per heavy atom. The maximum atomic E-state index is 3.64. The van der Waals surface area contributed by atoms with Gasteiger partial charge in [-0.3, -0.25) is 0 Å². The van der Waals surface area contributed by atoms with E-state index in [0.717, 1.165) is 11.3 Å². The fourth-order valence-corrected chi connectivity index (χ4v) is 2.59. The molecule has 1 atom stereocenters. The maximum Gasteiger partial charge on any atom is 0.0144 e. The van der Waals surface area contributed by atoms with Crippen LogP contribution in [0.4, 0.5) is 0 Å². The summed E-state index contributed by atoms with van der Waals surface area (Å²) in [4.78, 5) is 0. The van der Waals surface area contributed by atoms with E-state index in [2.05, 4.69) is 44.8 Å². The number of hydrogen-bond acceptors (Lipinski definition) is 2. The van der Waals surface area contributed by atoms with E-state index in [1.165, 1.54) is 44.4 Å². The molecule has 15 heavy (non-hydrogen) atoms. The zero-order valence-electron chi connectivity index (χ0n) is 11.0. The molecule has 0 saturated carbocycles. The van der Waals surface area contributed by atoms with Crippen LogP contribution in [0.3, 0.4) is 0 Å². The van der Waals surface area contributed by atoms with E-state index in [-0.39, 0.29) is 0 Å². The first kappa shape index (κ1) is 15.3. The Morgan fingerprint density at radius 3 is 2.27 bits per heavy atom.